The van der Waals surface area contributed by atoms with E-state index in [1.54, 1.807) is 22.7 Å². The van der Waals surface area contributed by atoms with E-state index in [4.69, 9.17) is 0 Å². The molecule has 4 heteroatoms. The molecule has 0 radical (unpaired) electrons. The van der Waals surface area contributed by atoms with Crippen LogP contribution in [0.4, 0.5) is 0 Å². The molecule has 0 aliphatic rings. The molecule has 16 heavy (non-hydrogen) atoms. The SMILES string of the molecule is Cc1ccc2sc(-c3sccc3Br)nc2c1. The van der Waals surface area contributed by atoms with Crippen molar-refractivity contribution < 1.29 is 0 Å². The van der Waals surface area contributed by atoms with Crippen molar-refractivity contribution in [2.24, 2.45) is 0 Å². The topological polar surface area (TPSA) is 12.9 Å². The number of hydrogen-bond acceptors (Lipinski definition) is 3. The van der Waals surface area contributed by atoms with Gasteiger partial charge in [0.25, 0.3) is 0 Å². The second-order valence-corrected chi connectivity index (χ2v) is 6.39. The van der Waals surface area contributed by atoms with E-state index in [1.165, 1.54) is 15.1 Å². The van der Waals surface area contributed by atoms with Gasteiger partial charge in [0.15, 0.2) is 0 Å². The van der Waals surface area contributed by atoms with Gasteiger partial charge in [0.2, 0.25) is 0 Å². The Kier molecular flexibility index (Phi) is 2.58. The second-order valence-electron chi connectivity index (χ2n) is 3.59. The zero-order valence-electron chi connectivity index (χ0n) is 8.53. The van der Waals surface area contributed by atoms with E-state index in [9.17, 15) is 0 Å². The maximum atomic E-state index is 4.68. The van der Waals surface area contributed by atoms with Gasteiger partial charge in [0.1, 0.15) is 5.01 Å². The van der Waals surface area contributed by atoms with Gasteiger partial charge in [-0.3, -0.25) is 0 Å². The Labute approximate surface area is 110 Å². The molecule has 3 aromatic rings. The summed E-state index contributed by atoms with van der Waals surface area (Å²) in [4.78, 5) is 5.90. The zero-order chi connectivity index (χ0) is 11.1. The number of nitrogens with zero attached hydrogens (tertiary/aromatic N) is 1. The molecular formula is C12H8BrNS2. The fraction of sp³-hybridized carbons (Fsp3) is 0.0833. The summed E-state index contributed by atoms with van der Waals surface area (Å²) in [5, 5.41) is 3.18. The summed E-state index contributed by atoms with van der Waals surface area (Å²) in [5.41, 5.74) is 2.36. The van der Waals surface area contributed by atoms with E-state index in [0.717, 1.165) is 15.0 Å². The predicted octanol–water partition coefficient (Wildman–Crippen LogP) is 5.10. The predicted molar refractivity (Wildman–Crippen MR) is 75.4 cm³/mol. The maximum Gasteiger partial charge on any atom is 0.135 e. The van der Waals surface area contributed by atoms with Crippen LogP contribution in [0.1, 0.15) is 5.56 Å². The van der Waals surface area contributed by atoms with Gasteiger partial charge in [-0.2, -0.15) is 0 Å². The average molecular weight is 310 g/mol. The highest BCUT2D eigenvalue weighted by molar-refractivity contribution is 9.10. The summed E-state index contributed by atoms with van der Waals surface area (Å²) in [5.74, 6) is 0. The number of thiazole rings is 1. The number of aryl methyl sites for hydroxylation is 1. The highest BCUT2D eigenvalue weighted by Gasteiger charge is 2.10. The highest BCUT2D eigenvalue weighted by Crippen LogP contribution is 2.38. The molecule has 0 atom stereocenters. The molecule has 0 unspecified atom stereocenters. The zero-order valence-corrected chi connectivity index (χ0v) is 11.7. The largest absolute Gasteiger partial charge is 0.235 e. The molecule has 0 saturated heterocycles. The lowest BCUT2D eigenvalue weighted by atomic mass is 10.2. The van der Waals surface area contributed by atoms with E-state index in [-0.39, 0.29) is 0 Å². The molecule has 2 heterocycles. The molecular weight excluding hydrogens is 302 g/mol. The Morgan fingerprint density at radius 3 is 2.88 bits per heavy atom. The quantitative estimate of drug-likeness (QED) is 0.609. The van der Waals surface area contributed by atoms with Gasteiger partial charge in [-0.05, 0) is 52.0 Å². The average Bonchev–Trinajstić information content (AvgIpc) is 2.82. The van der Waals surface area contributed by atoms with E-state index in [1.807, 2.05) is 0 Å². The molecule has 3 rings (SSSR count). The maximum absolute atomic E-state index is 4.68. The van der Waals surface area contributed by atoms with Crippen molar-refractivity contribution in [3.05, 3.63) is 39.7 Å². The molecule has 1 aromatic carbocycles. The van der Waals surface area contributed by atoms with Gasteiger partial charge in [0.05, 0.1) is 15.1 Å². The molecule has 80 valence electrons. The van der Waals surface area contributed by atoms with Gasteiger partial charge in [-0.1, -0.05) is 6.07 Å². The lowest BCUT2D eigenvalue weighted by Crippen LogP contribution is -1.72. The molecule has 0 fully saturated rings. The monoisotopic (exact) mass is 309 g/mol. The van der Waals surface area contributed by atoms with Crippen LogP contribution in [0.25, 0.3) is 20.1 Å². The smallest absolute Gasteiger partial charge is 0.135 e. The molecule has 0 N–H and O–H groups in total. The molecule has 0 aliphatic heterocycles. The molecule has 0 saturated carbocycles. The van der Waals surface area contributed by atoms with Gasteiger partial charge in [-0.25, -0.2) is 4.98 Å². The lowest BCUT2D eigenvalue weighted by molar-refractivity contribution is 1.45. The minimum atomic E-state index is 1.10. The first-order chi connectivity index (χ1) is 7.74. The van der Waals surface area contributed by atoms with Crippen LogP contribution in [-0.4, -0.2) is 4.98 Å². The third-order valence-corrected chi connectivity index (χ3v) is 5.38. The van der Waals surface area contributed by atoms with E-state index >= 15 is 0 Å². The second kappa shape index (κ2) is 3.95. The summed E-state index contributed by atoms with van der Waals surface area (Å²) in [6, 6.07) is 8.48. The standard InChI is InChI=1S/C12H8BrNS2/c1-7-2-3-10-9(6-7)14-12(16-10)11-8(13)4-5-15-11/h2-6H,1H3. The minimum absolute atomic E-state index is 1.10. The first-order valence-corrected chi connectivity index (χ1v) is 7.33. The third-order valence-electron chi connectivity index (χ3n) is 2.35. The van der Waals surface area contributed by atoms with Crippen LogP contribution >= 0.6 is 38.6 Å². The summed E-state index contributed by atoms with van der Waals surface area (Å²) < 4.78 is 2.38. The van der Waals surface area contributed by atoms with Crippen LogP contribution in [0.2, 0.25) is 0 Å². The van der Waals surface area contributed by atoms with Gasteiger partial charge in [-0.15, -0.1) is 22.7 Å². The van der Waals surface area contributed by atoms with Crippen molar-refractivity contribution in [2.75, 3.05) is 0 Å². The molecule has 1 nitrogen and oxygen atoms in total. The van der Waals surface area contributed by atoms with Crippen LogP contribution in [-0.2, 0) is 0 Å². The molecule has 0 aliphatic carbocycles. The summed E-state index contributed by atoms with van der Waals surface area (Å²) >= 11 is 7.02. The van der Waals surface area contributed by atoms with E-state index < -0.39 is 0 Å². The number of hydrogen-bond donors (Lipinski definition) is 0. The summed E-state index contributed by atoms with van der Waals surface area (Å²) in [6.07, 6.45) is 0. The fourth-order valence-electron chi connectivity index (χ4n) is 1.58. The first-order valence-electron chi connectivity index (χ1n) is 4.84. The Balaban J connectivity index is 2.23. The van der Waals surface area contributed by atoms with Crippen LogP contribution in [0, 0.1) is 6.92 Å². The summed E-state index contributed by atoms with van der Waals surface area (Å²) in [7, 11) is 0. The first kappa shape index (κ1) is 10.4. The van der Waals surface area contributed by atoms with Crippen molar-refractivity contribution in [1.29, 1.82) is 0 Å². The van der Waals surface area contributed by atoms with Crippen molar-refractivity contribution >= 4 is 48.8 Å². The Bertz CT molecular complexity index is 654. The van der Waals surface area contributed by atoms with Crippen molar-refractivity contribution in [2.45, 2.75) is 6.92 Å². The number of thiophene rings is 1. The number of benzene rings is 1. The number of aromatic nitrogens is 1. The third kappa shape index (κ3) is 1.71. The van der Waals surface area contributed by atoms with Gasteiger partial charge >= 0.3 is 0 Å². The fourth-order valence-corrected chi connectivity index (χ4v) is 4.32. The van der Waals surface area contributed by atoms with Crippen LogP contribution in [0.15, 0.2) is 34.1 Å². The van der Waals surface area contributed by atoms with Crippen molar-refractivity contribution in [1.82, 2.24) is 4.98 Å². The highest BCUT2D eigenvalue weighted by atomic mass is 79.9. The van der Waals surface area contributed by atoms with Crippen LogP contribution in [0.5, 0.6) is 0 Å². The molecule has 0 amide bonds. The van der Waals surface area contributed by atoms with Gasteiger partial charge < -0.3 is 0 Å². The number of halogens is 1. The van der Waals surface area contributed by atoms with Crippen LogP contribution < -0.4 is 0 Å². The Morgan fingerprint density at radius 2 is 2.12 bits per heavy atom. The molecule has 0 spiro atoms. The van der Waals surface area contributed by atoms with Gasteiger partial charge in [0, 0.05) is 4.47 Å². The van der Waals surface area contributed by atoms with Crippen LogP contribution in [0.3, 0.4) is 0 Å². The molecule has 2 aromatic heterocycles. The van der Waals surface area contributed by atoms with Crippen molar-refractivity contribution in [3.8, 4) is 9.88 Å². The number of fused-ring (bicyclic) bond motifs is 1. The van der Waals surface area contributed by atoms with E-state index in [2.05, 4.69) is 57.5 Å². The normalized spacial score (nSPS) is 11.1. The Hall–Kier alpha value is -0.710. The van der Waals surface area contributed by atoms with Crippen molar-refractivity contribution in [3.63, 3.8) is 0 Å². The summed E-state index contributed by atoms with van der Waals surface area (Å²) in [6.45, 7) is 2.10. The Morgan fingerprint density at radius 1 is 1.25 bits per heavy atom. The van der Waals surface area contributed by atoms with E-state index in [0.29, 0.717) is 0 Å². The molecule has 0 bridgehead atoms. The minimum Gasteiger partial charge on any atom is -0.235 e. The number of rotatable bonds is 1. The lowest BCUT2D eigenvalue weighted by Gasteiger charge is -1.89.